The predicted octanol–water partition coefficient (Wildman–Crippen LogP) is 4.86. The van der Waals surface area contributed by atoms with Crippen molar-refractivity contribution in [2.75, 3.05) is 6.54 Å². The molecule has 0 aliphatic rings. The second-order valence-corrected chi connectivity index (χ2v) is 6.16. The van der Waals surface area contributed by atoms with Crippen molar-refractivity contribution >= 4 is 11.6 Å². The molecule has 1 aromatic rings. The third-order valence-electron chi connectivity index (χ3n) is 3.21. The summed E-state index contributed by atoms with van der Waals surface area (Å²) in [7, 11) is 0. The molecule has 102 valence electrons. The Morgan fingerprint density at radius 3 is 2.28 bits per heavy atom. The fourth-order valence-electron chi connectivity index (χ4n) is 2.09. The van der Waals surface area contributed by atoms with Crippen LogP contribution >= 0.6 is 11.6 Å². The third-order valence-corrected chi connectivity index (χ3v) is 3.55. The Morgan fingerprint density at radius 2 is 1.72 bits per heavy atom. The van der Waals surface area contributed by atoms with Gasteiger partial charge in [0.1, 0.15) is 0 Å². The molecule has 1 rings (SSSR count). The van der Waals surface area contributed by atoms with Crippen molar-refractivity contribution in [1.82, 2.24) is 5.32 Å². The molecule has 0 amide bonds. The van der Waals surface area contributed by atoms with Crippen molar-refractivity contribution in [2.45, 2.75) is 52.5 Å². The zero-order valence-electron chi connectivity index (χ0n) is 12.0. The molecule has 0 radical (unpaired) electrons. The monoisotopic (exact) mass is 267 g/mol. The Hall–Kier alpha value is -0.530. The maximum atomic E-state index is 6.32. The molecule has 1 N–H and O–H groups in total. The van der Waals surface area contributed by atoms with Crippen molar-refractivity contribution < 1.29 is 0 Å². The molecule has 18 heavy (non-hydrogen) atoms. The molecule has 1 nitrogen and oxygen atoms in total. The molecule has 0 aliphatic heterocycles. The number of hydrogen-bond donors (Lipinski definition) is 1. The second-order valence-electron chi connectivity index (χ2n) is 5.75. The standard InChI is InChI=1S/C16H26ClN/c1-12(2)9-10-14(11-18-13(3)4)15-7-5-6-8-16(15)17/h5-8,12-14,18H,9-11H2,1-4H3. The van der Waals surface area contributed by atoms with Crippen molar-refractivity contribution in [2.24, 2.45) is 5.92 Å². The van der Waals surface area contributed by atoms with Crippen LogP contribution in [0.5, 0.6) is 0 Å². The van der Waals surface area contributed by atoms with Gasteiger partial charge in [-0.25, -0.2) is 0 Å². The minimum atomic E-state index is 0.517. The Bertz CT molecular complexity index is 335. The average Bonchev–Trinajstić information content (AvgIpc) is 2.30. The maximum Gasteiger partial charge on any atom is 0.0441 e. The molecule has 0 heterocycles. The van der Waals surface area contributed by atoms with Gasteiger partial charge < -0.3 is 5.32 Å². The lowest BCUT2D eigenvalue weighted by molar-refractivity contribution is 0.459. The molecular weight excluding hydrogens is 242 g/mol. The van der Waals surface area contributed by atoms with Gasteiger partial charge in [-0.1, -0.05) is 63.9 Å². The van der Waals surface area contributed by atoms with Crippen LogP contribution < -0.4 is 5.32 Å². The molecule has 1 unspecified atom stereocenters. The molecule has 0 saturated heterocycles. The van der Waals surface area contributed by atoms with Gasteiger partial charge in [0, 0.05) is 17.6 Å². The van der Waals surface area contributed by atoms with Crippen LogP contribution in [0.4, 0.5) is 0 Å². The summed E-state index contributed by atoms with van der Waals surface area (Å²) in [6, 6.07) is 8.76. The number of nitrogens with one attached hydrogen (secondary N) is 1. The first-order chi connectivity index (χ1) is 8.50. The highest BCUT2D eigenvalue weighted by atomic mass is 35.5. The predicted molar refractivity (Wildman–Crippen MR) is 81.4 cm³/mol. The first-order valence-electron chi connectivity index (χ1n) is 6.98. The first kappa shape index (κ1) is 15.5. The topological polar surface area (TPSA) is 12.0 Å². The van der Waals surface area contributed by atoms with Gasteiger partial charge in [-0.15, -0.1) is 0 Å². The van der Waals surface area contributed by atoms with Gasteiger partial charge in [-0.3, -0.25) is 0 Å². The molecule has 0 bridgehead atoms. The highest BCUT2D eigenvalue weighted by Gasteiger charge is 2.15. The Balaban J connectivity index is 2.73. The zero-order valence-corrected chi connectivity index (χ0v) is 12.8. The van der Waals surface area contributed by atoms with Crippen LogP contribution in [-0.4, -0.2) is 12.6 Å². The van der Waals surface area contributed by atoms with E-state index in [1.54, 1.807) is 0 Å². The largest absolute Gasteiger partial charge is 0.314 e. The highest BCUT2D eigenvalue weighted by Crippen LogP contribution is 2.28. The van der Waals surface area contributed by atoms with Crippen LogP contribution in [0.25, 0.3) is 0 Å². The van der Waals surface area contributed by atoms with Gasteiger partial charge >= 0.3 is 0 Å². The van der Waals surface area contributed by atoms with Gasteiger partial charge in [0.2, 0.25) is 0 Å². The molecular formula is C16H26ClN. The highest BCUT2D eigenvalue weighted by molar-refractivity contribution is 6.31. The lowest BCUT2D eigenvalue weighted by Gasteiger charge is -2.21. The Morgan fingerprint density at radius 1 is 1.06 bits per heavy atom. The summed E-state index contributed by atoms with van der Waals surface area (Å²) in [5, 5.41) is 4.44. The van der Waals surface area contributed by atoms with Gasteiger partial charge in [-0.2, -0.15) is 0 Å². The van der Waals surface area contributed by atoms with E-state index in [2.05, 4.69) is 45.1 Å². The minimum absolute atomic E-state index is 0.517. The normalized spacial score (nSPS) is 13.3. The van der Waals surface area contributed by atoms with E-state index in [1.165, 1.54) is 18.4 Å². The molecule has 0 aliphatic carbocycles. The maximum absolute atomic E-state index is 6.32. The van der Waals surface area contributed by atoms with Crippen LogP contribution in [0.2, 0.25) is 5.02 Å². The average molecular weight is 268 g/mol. The van der Waals surface area contributed by atoms with E-state index < -0.39 is 0 Å². The Kier molecular flexibility index (Phi) is 6.73. The van der Waals surface area contributed by atoms with Crippen molar-refractivity contribution in [3.05, 3.63) is 34.9 Å². The van der Waals surface area contributed by atoms with Crippen LogP contribution in [0.15, 0.2) is 24.3 Å². The fraction of sp³-hybridized carbons (Fsp3) is 0.625. The summed E-state index contributed by atoms with van der Waals surface area (Å²) in [5.74, 6) is 1.26. The van der Waals surface area contributed by atoms with Gasteiger partial charge in [0.25, 0.3) is 0 Å². The molecule has 0 spiro atoms. The van der Waals surface area contributed by atoms with E-state index in [1.807, 2.05) is 12.1 Å². The van der Waals surface area contributed by atoms with Gasteiger partial charge in [0.05, 0.1) is 0 Å². The van der Waals surface area contributed by atoms with E-state index in [0.29, 0.717) is 12.0 Å². The van der Waals surface area contributed by atoms with Crippen molar-refractivity contribution in [3.63, 3.8) is 0 Å². The fourth-order valence-corrected chi connectivity index (χ4v) is 2.38. The quantitative estimate of drug-likeness (QED) is 0.744. The van der Waals surface area contributed by atoms with Crippen molar-refractivity contribution in [1.29, 1.82) is 0 Å². The van der Waals surface area contributed by atoms with Crippen LogP contribution in [0.3, 0.4) is 0 Å². The number of benzene rings is 1. The number of halogens is 1. The van der Waals surface area contributed by atoms with E-state index in [-0.39, 0.29) is 0 Å². The number of rotatable bonds is 7. The summed E-state index contributed by atoms with van der Waals surface area (Å²) in [4.78, 5) is 0. The van der Waals surface area contributed by atoms with E-state index in [4.69, 9.17) is 11.6 Å². The molecule has 0 aromatic heterocycles. The van der Waals surface area contributed by atoms with Crippen LogP contribution in [0, 0.1) is 5.92 Å². The zero-order chi connectivity index (χ0) is 13.5. The molecule has 1 atom stereocenters. The lowest BCUT2D eigenvalue weighted by atomic mass is 9.91. The summed E-state index contributed by atoms with van der Waals surface area (Å²) >= 11 is 6.32. The lowest BCUT2D eigenvalue weighted by Crippen LogP contribution is -2.28. The molecule has 0 fully saturated rings. The molecule has 1 aromatic carbocycles. The minimum Gasteiger partial charge on any atom is -0.314 e. The summed E-state index contributed by atoms with van der Waals surface area (Å²) < 4.78 is 0. The number of hydrogen-bond acceptors (Lipinski definition) is 1. The smallest absolute Gasteiger partial charge is 0.0441 e. The molecule has 0 saturated carbocycles. The third kappa shape index (κ3) is 5.41. The van der Waals surface area contributed by atoms with Gasteiger partial charge in [0.15, 0.2) is 0 Å². The SMILES string of the molecule is CC(C)CCC(CNC(C)C)c1ccccc1Cl. The van der Waals surface area contributed by atoms with Crippen molar-refractivity contribution in [3.8, 4) is 0 Å². The first-order valence-corrected chi connectivity index (χ1v) is 7.36. The Labute approximate surface area is 117 Å². The van der Waals surface area contributed by atoms with Crippen LogP contribution in [0.1, 0.15) is 52.0 Å². The summed E-state index contributed by atoms with van der Waals surface area (Å²) in [6.45, 7) is 9.94. The molecule has 2 heteroatoms. The second kappa shape index (κ2) is 7.81. The van der Waals surface area contributed by atoms with E-state index in [9.17, 15) is 0 Å². The summed E-state index contributed by atoms with van der Waals surface area (Å²) in [5.41, 5.74) is 1.29. The van der Waals surface area contributed by atoms with E-state index in [0.717, 1.165) is 17.5 Å². The summed E-state index contributed by atoms with van der Waals surface area (Å²) in [6.07, 6.45) is 2.44. The van der Waals surface area contributed by atoms with Gasteiger partial charge in [-0.05, 0) is 29.9 Å². The van der Waals surface area contributed by atoms with E-state index >= 15 is 0 Å². The van der Waals surface area contributed by atoms with Crippen LogP contribution in [-0.2, 0) is 0 Å².